The molecule has 0 spiro atoms. The Hall–Kier alpha value is -0.780. The number of hydrogen-bond donors (Lipinski definition) is 0. The van der Waals surface area contributed by atoms with Crippen molar-refractivity contribution >= 4 is 0 Å². The van der Waals surface area contributed by atoms with Crippen LogP contribution in [-0.2, 0) is 6.42 Å². The maximum Gasteiger partial charge on any atom is -0.0253 e. The van der Waals surface area contributed by atoms with Crippen LogP contribution in [0.25, 0.3) is 0 Å². The van der Waals surface area contributed by atoms with E-state index in [1.807, 2.05) is 0 Å². The molecule has 1 unspecified atom stereocenters. The van der Waals surface area contributed by atoms with Crippen LogP contribution in [-0.4, -0.2) is 0 Å². The van der Waals surface area contributed by atoms with Crippen LogP contribution in [0.2, 0.25) is 0 Å². The lowest BCUT2D eigenvalue weighted by molar-refractivity contribution is 0.562. The highest BCUT2D eigenvalue weighted by Gasteiger charge is 2.01. The molecule has 0 aliphatic rings. The van der Waals surface area contributed by atoms with Gasteiger partial charge in [-0.1, -0.05) is 50.6 Å². The van der Waals surface area contributed by atoms with E-state index in [1.165, 1.54) is 24.8 Å². The summed E-state index contributed by atoms with van der Waals surface area (Å²) in [4.78, 5) is 0. The predicted octanol–water partition coefficient (Wildman–Crippen LogP) is 3.87. The quantitative estimate of drug-likeness (QED) is 0.637. The van der Waals surface area contributed by atoms with Gasteiger partial charge in [-0.25, -0.2) is 0 Å². The van der Waals surface area contributed by atoms with Crippen molar-refractivity contribution in [3.8, 4) is 0 Å². The highest BCUT2D eigenvalue weighted by Crippen LogP contribution is 2.13. The maximum atomic E-state index is 2.37. The summed E-state index contributed by atoms with van der Waals surface area (Å²) in [6.45, 7) is 4.52. The van der Waals surface area contributed by atoms with Gasteiger partial charge in [0.15, 0.2) is 0 Å². The van der Waals surface area contributed by atoms with Gasteiger partial charge in [0.25, 0.3) is 0 Å². The average Bonchev–Trinajstić information content (AvgIpc) is 2.16. The van der Waals surface area contributed by atoms with Crippen molar-refractivity contribution in [3.63, 3.8) is 0 Å². The fraction of sp³-hybridized carbons (Fsp3) is 0.462. The fourth-order valence-electron chi connectivity index (χ4n) is 1.55. The normalized spacial score (nSPS) is 12.8. The van der Waals surface area contributed by atoms with Crippen molar-refractivity contribution in [2.45, 2.75) is 33.1 Å². The van der Waals surface area contributed by atoms with Crippen molar-refractivity contribution in [1.82, 2.24) is 0 Å². The summed E-state index contributed by atoms with van der Waals surface area (Å²) in [6.07, 6.45) is 6.01. The summed E-state index contributed by atoms with van der Waals surface area (Å²) >= 11 is 0. The molecule has 71 valence electrons. The SMILES string of the molecule is CC[CH]CC(C)Cc1ccccc1. The minimum absolute atomic E-state index is 0.780. The maximum absolute atomic E-state index is 2.37. The lowest BCUT2D eigenvalue weighted by atomic mass is 9.96. The van der Waals surface area contributed by atoms with Crippen molar-refractivity contribution in [3.05, 3.63) is 42.3 Å². The van der Waals surface area contributed by atoms with Crippen LogP contribution in [0.15, 0.2) is 30.3 Å². The topological polar surface area (TPSA) is 0 Å². The smallest absolute Gasteiger partial charge is 0.0253 e. The zero-order chi connectivity index (χ0) is 9.52. The monoisotopic (exact) mass is 175 g/mol. The van der Waals surface area contributed by atoms with Gasteiger partial charge in [-0.05, 0) is 30.7 Å². The first-order valence-corrected chi connectivity index (χ1v) is 5.18. The van der Waals surface area contributed by atoms with Crippen LogP contribution in [0, 0.1) is 12.3 Å². The van der Waals surface area contributed by atoms with E-state index in [1.54, 1.807) is 0 Å². The lowest BCUT2D eigenvalue weighted by Gasteiger charge is -2.09. The second kappa shape index (κ2) is 5.80. The molecule has 0 saturated heterocycles. The van der Waals surface area contributed by atoms with Crippen molar-refractivity contribution in [2.24, 2.45) is 5.92 Å². The van der Waals surface area contributed by atoms with Crippen molar-refractivity contribution < 1.29 is 0 Å². The number of unbranched alkanes of at least 4 members (excludes halogenated alkanes) is 1. The van der Waals surface area contributed by atoms with Crippen molar-refractivity contribution in [1.29, 1.82) is 0 Å². The molecule has 13 heavy (non-hydrogen) atoms. The fourth-order valence-corrected chi connectivity index (χ4v) is 1.55. The van der Waals surface area contributed by atoms with E-state index >= 15 is 0 Å². The van der Waals surface area contributed by atoms with Gasteiger partial charge < -0.3 is 0 Å². The molecule has 0 heteroatoms. The zero-order valence-electron chi connectivity index (χ0n) is 8.66. The van der Waals surface area contributed by atoms with Gasteiger partial charge in [-0.15, -0.1) is 0 Å². The van der Waals surface area contributed by atoms with Crippen LogP contribution in [0.4, 0.5) is 0 Å². The second-order valence-corrected chi connectivity index (χ2v) is 3.73. The highest BCUT2D eigenvalue weighted by molar-refractivity contribution is 5.15. The molecule has 0 heterocycles. The van der Waals surface area contributed by atoms with Crippen LogP contribution in [0.1, 0.15) is 32.3 Å². The zero-order valence-corrected chi connectivity index (χ0v) is 8.66. The Morgan fingerprint density at radius 3 is 2.54 bits per heavy atom. The molecular weight excluding hydrogens is 156 g/mol. The van der Waals surface area contributed by atoms with Gasteiger partial charge in [0, 0.05) is 0 Å². The van der Waals surface area contributed by atoms with E-state index in [4.69, 9.17) is 0 Å². The van der Waals surface area contributed by atoms with E-state index in [0.29, 0.717) is 0 Å². The minimum atomic E-state index is 0.780. The Morgan fingerprint density at radius 1 is 1.23 bits per heavy atom. The second-order valence-electron chi connectivity index (χ2n) is 3.73. The van der Waals surface area contributed by atoms with Crippen molar-refractivity contribution in [2.75, 3.05) is 0 Å². The Bertz CT molecular complexity index is 213. The Labute approximate surface area is 82.0 Å². The molecule has 1 aromatic carbocycles. The van der Waals surface area contributed by atoms with E-state index in [-0.39, 0.29) is 0 Å². The molecule has 0 bridgehead atoms. The minimum Gasteiger partial charge on any atom is -0.0651 e. The summed E-state index contributed by atoms with van der Waals surface area (Å²) < 4.78 is 0. The first kappa shape index (κ1) is 10.3. The van der Waals surface area contributed by atoms with Gasteiger partial charge in [0.05, 0.1) is 0 Å². The molecule has 1 atom stereocenters. The lowest BCUT2D eigenvalue weighted by Crippen LogP contribution is -1.99. The van der Waals surface area contributed by atoms with E-state index in [0.717, 1.165) is 5.92 Å². The molecule has 0 amide bonds. The summed E-state index contributed by atoms with van der Waals surface area (Å²) in [5.74, 6) is 0.780. The van der Waals surface area contributed by atoms with Gasteiger partial charge in [-0.3, -0.25) is 0 Å². The molecule has 1 rings (SSSR count). The molecule has 0 aliphatic carbocycles. The molecule has 0 N–H and O–H groups in total. The molecule has 1 radical (unpaired) electrons. The van der Waals surface area contributed by atoms with E-state index in [2.05, 4.69) is 50.6 Å². The molecule has 0 aromatic heterocycles. The molecule has 0 fully saturated rings. The Balaban J connectivity index is 2.32. The number of benzene rings is 1. The molecule has 1 aromatic rings. The summed E-state index contributed by atoms with van der Waals surface area (Å²) in [5.41, 5.74) is 1.46. The van der Waals surface area contributed by atoms with E-state index in [9.17, 15) is 0 Å². The number of rotatable bonds is 5. The summed E-state index contributed by atoms with van der Waals surface area (Å²) in [5, 5.41) is 0. The molecule has 0 saturated carbocycles. The van der Waals surface area contributed by atoms with E-state index < -0.39 is 0 Å². The first-order valence-electron chi connectivity index (χ1n) is 5.18. The standard InChI is InChI=1S/C13H19/c1-3-4-8-12(2)11-13-9-6-5-7-10-13/h4-7,9-10,12H,3,8,11H2,1-2H3. The van der Waals surface area contributed by atoms with Gasteiger partial charge in [0.2, 0.25) is 0 Å². The third-order valence-electron chi connectivity index (χ3n) is 2.28. The molecule has 0 nitrogen and oxygen atoms in total. The summed E-state index contributed by atoms with van der Waals surface area (Å²) in [7, 11) is 0. The third-order valence-corrected chi connectivity index (χ3v) is 2.28. The van der Waals surface area contributed by atoms with Crippen LogP contribution in [0.3, 0.4) is 0 Å². The van der Waals surface area contributed by atoms with Gasteiger partial charge in [0.1, 0.15) is 0 Å². The largest absolute Gasteiger partial charge is 0.0651 e. The summed E-state index contributed by atoms with van der Waals surface area (Å²) in [6, 6.07) is 10.7. The Morgan fingerprint density at radius 2 is 1.92 bits per heavy atom. The highest BCUT2D eigenvalue weighted by atomic mass is 14.1. The average molecular weight is 175 g/mol. The van der Waals surface area contributed by atoms with Gasteiger partial charge in [-0.2, -0.15) is 0 Å². The third kappa shape index (κ3) is 4.12. The predicted molar refractivity (Wildman–Crippen MR) is 58.5 cm³/mol. The van der Waals surface area contributed by atoms with Crippen LogP contribution >= 0.6 is 0 Å². The number of hydrogen-bond acceptors (Lipinski definition) is 0. The van der Waals surface area contributed by atoms with Crippen LogP contribution < -0.4 is 0 Å². The molecular formula is C13H19. The van der Waals surface area contributed by atoms with Gasteiger partial charge >= 0.3 is 0 Å². The first-order chi connectivity index (χ1) is 6.33. The molecule has 0 aliphatic heterocycles. The Kier molecular flexibility index (Phi) is 4.59. The van der Waals surface area contributed by atoms with Crippen LogP contribution in [0.5, 0.6) is 0 Å².